The number of aromatic nitrogens is 1. The summed E-state index contributed by atoms with van der Waals surface area (Å²) < 4.78 is 10.5. The minimum absolute atomic E-state index is 0.142. The van der Waals surface area contributed by atoms with Crippen LogP contribution >= 0.6 is 11.3 Å². The van der Waals surface area contributed by atoms with Gasteiger partial charge in [-0.3, -0.25) is 4.79 Å². The first kappa shape index (κ1) is 17.9. The maximum atomic E-state index is 12.4. The number of amides is 1. The summed E-state index contributed by atoms with van der Waals surface area (Å²) in [5, 5.41) is 3.46. The van der Waals surface area contributed by atoms with Crippen LogP contribution in [0.5, 0.6) is 11.5 Å². The van der Waals surface area contributed by atoms with Crippen molar-refractivity contribution in [1.82, 2.24) is 4.98 Å². The first-order valence-electron chi connectivity index (χ1n) is 8.17. The largest absolute Gasteiger partial charge is 0.497 e. The van der Waals surface area contributed by atoms with Crippen molar-refractivity contribution >= 4 is 22.4 Å². The average Bonchev–Trinajstić information content (AvgIpc) is 3.09. The number of nitrogens with one attached hydrogen (secondary N) is 1. The lowest BCUT2D eigenvalue weighted by atomic mass is 10.1. The van der Waals surface area contributed by atoms with Crippen LogP contribution in [0.15, 0.2) is 54.7 Å². The van der Waals surface area contributed by atoms with Gasteiger partial charge in [0.1, 0.15) is 11.5 Å². The molecule has 0 aliphatic rings. The van der Waals surface area contributed by atoms with Gasteiger partial charge in [-0.25, -0.2) is 4.98 Å². The number of ether oxygens (including phenoxy) is 2. The van der Waals surface area contributed by atoms with Crippen molar-refractivity contribution in [3.05, 3.63) is 70.7 Å². The van der Waals surface area contributed by atoms with Crippen LogP contribution in [0.3, 0.4) is 0 Å². The lowest BCUT2D eigenvalue weighted by Crippen LogP contribution is -2.14. The summed E-state index contributed by atoms with van der Waals surface area (Å²) in [5.41, 5.74) is 1.99. The molecule has 26 heavy (non-hydrogen) atoms. The van der Waals surface area contributed by atoms with E-state index >= 15 is 0 Å². The van der Waals surface area contributed by atoms with Gasteiger partial charge in [0.15, 0.2) is 5.13 Å². The zero-order chi connectivity index (χ0) is 18.4. The summed E-state index contributed by atoms with van der Waals surface area (Å²) in [6.07, 6.45) is 2.80. The fourth-order valence-corrected chi connectivity index (χ4v) is 3.46. The highest BCUT2D eigenvalue weighted by Gasteiger charge is 2.12. The van der Waals surface area contributed by atoms with Crippen LogP contribution in [0, 0.1) is 0 Å². The van der Waals surface area contributed by atoms with Crippen LogP contribution in [0.4, 0.5) is 5.13 Å². The van der Waals surface area contributed by atoms with Crippen LogP contribution in [0.25, 0.3) is 0 Å². The van der Waals surface area contributed by atoms with E-state index in [4.69, 9.17) is 9.47 Å². The third-order valence-electron chi connectivity index (χ3n) is 3.86. The summed E-state index contributed by atoms with van der Waals surface area (Å²) in [4.78, 5) is 17.8. The SMILES string of the molecule is COc1ccc(OC)c(CC(=O)Nc2ncc(Cc3ccccc3)s2)c1. The molecule has 3 aromatic rings. The molecule has 134 valence electrons. The Hall–Kier alpha value is -2.86. The quantitative estimate of drug-likeness (QED) is 0.686. The Kier molecular flexibility index (Phi) is 5.86. The van der Waals surface area contributed by atoms with E-state index in [1.54, 1.807) is 38.6 Å². The van der Waals surface area contributed by atoms with Gasteiger partial charge < -0.3 is 14.8 Å². The number of hydrogen-bond donors (Lipinski definition) is 1. The van der Waals surface area contributed by atoms with E-state index in [1.807, 2.05) is 18.2 Å². The fraction of sp³-hybridized carbons (Fsp3) is 0.200. The minimum Gasteiger partial charge on any atom is -0.497 e. The Morgan fingerprint density at radius 3 is 2.65 bits per heavy atom. The van der Waals surface area contributed by atoms with Gasteiger partial charge in [-0.15, -0.1) is 11.3 Å². The number of rotatable bonds is 7. The Balaban J connectivity index is 1.64. The first-order valence-corrected chi connectivity index (χ1v) is 8.99. The third-order valence-corrected chi connectivity index (χ3v) is 4.77. The van der Waals surface area contributed by atoms with Crippen molar-refractivity contribution in [2.45, 2.75) is 12.8 Å². The summed E-state index contributed by atoms with van der Waals surface area (Å²) in [7, 11) is 3.18. The number of carbonyl (C=O) groups excluding carboxylic acids is 1. The standard InChI is InChI=1S/C20H20N2O3S/c1-24-16-8-9-18(25-2)15(11-16)12-19(23)22-20-21-13-17(26-20)10-14-6-4-3-5-7-14/h3-9,11,13H,10,12H2,1-2H3,(H,21,22,23). The molecule has 2 aromatic carbocycles. The van der Waals surface area contributed by atoms with Crippen LogP contribution < -0.4 is 14.8 Å². The molecule has 0 atom stereocenters. The van der Waals surface area contributed by atoms with E-state index in [-0.39, 0.29) is 12.3 Å². The number of hydrogen-bond acceptors (Lipinski definition) is 5. The second kappa shape index (κ2) is 8.49. The lowest BCUT2D eigenvalue weighted by molar-refractivity contribution is -0.115. The third kappa shape index (κ3) is 4.61. The smallest absolute Gasteiger partial charge is 0.230 e. The van der Waals surface area contributed by atoms with Crippen molar-refractivity contribution in [2.75, 3.05) is 19.5 Å². The number of anilines is 1. The van der Waals surface area contributed by atoms with Gasteiger partial charge in [-0.1, -0.05) is 30.3 Å². The Labute approximate surface area is 156 Å². The molecule has 6 heteroatoms. The van der Waals surface area contributed by atoms with Gasteiger partial charge in [-0.05, 0) is 23.8 Å². The van der Waals surface area contributed by atoms with Crippen molar-refractivity contribution < 1.29 is 14.3 Å². The lowest BCUT2D eigenvalue weighted by Gasteiger charge is -2.10. The predicted molar refractivity (Wildman–Crippen MR) is 103 cm³/mol. The second-order valence-electron chi connectivity index (χ2n) is 5.70. The van der Waals surface area contributed by atoms with E-state index in [0.717, 1.165) is 16.9 Å². The van der Waals surface area contributed by atoms with Crippen molar-refractivity contribution in [2.24, 2.45) is 0 Å². The number of carbonyl (C=O) groups is 1. The number of nitrogens with zero attached hydrogens (tertiary/aromatic N) is 1. The molecule has 0 radical (unpaired) electrons. The summed E-state index contributed by atoms with van der Waals surface area (Å²) in [6.45, 7) is 0. The number of thiazole rings is 1. The molecule has 0 saturated heterocycles. The molecule has 0 unspecified atom stereocenters. The van der Waals surface area contributed by atoms with Gasteiger partial charge in [0.25, 0.3) is 0 Å². The molecule has 1 N–H and O–H groups in total. The molecule has 3 rings (SSSR count). The van der Waals surface area contributed by atoms with Gasteiger partial charge in [0.05, 0.1) is 20.6 Å². The van der Waals surface area contributed by atoms with Gasteiger partial charge >= 0.3 is 0 Å². The van der Waals surface area contributed by atoms with Gasteiger partial charge in [0.2, 0.25) is 5.91 Å². The van der Waals surface area contributed by atoms with Crippen molar-refractivity contribution in [1.29, 1.82) is 0 Å². The van der Waals surface area contributed by atoms with Crippen LogP contribution in [-0.4, -0.2) is 25.1 Å². The Morgan fingerprint density at radius 2 is 1.92 bits per heavy atom. The highest BCUT2D eigenvalue weighted by molar-refractivity contribution is 7.15. The Morgan fingerprint density at radius 1 is 1.12 bits per heavy atom. The molecule has 1 heterocycles. The molecule has 5 nitrogen and oxygen atoms in total. The predicted octanol–water partition coefficient (Wildman–Crippen LogP) is 3.93. The molecule has 1 aromatic heterocycles. The zero-order valence-electron chi connectivity index (χ0n) is 14.7. The highest BCUT2D eigenvalue weighted by atomic mass is 32.1. The van der Waals surface area contributed by atoms with Crippen molar-refractivity contribution in [3.63, 3.8) is 0 Å². The number of benzene rings is 2. The van der Waals surface area contributed by atoms with E-state index in [2.05, 4.69) is 22.4 Å². The van der Waals surface area contributed by atoms with Gasteiger partial charge in [-0.2, -0.15) is 0 Å². The number of methoxy groups -OCH3 is 2. The van der Waals surface area contributed by atoms with Crippen molar-refractivity contribution in [3.8, 4) is 11.5 Å². The first-order chi connectivity index (χ1) is 12.7. The highest BCUT2D eigenvalue weighted by Crippen LogP contribution is 2.25. The molecular formula is C20H20N2O3S. The second-order valence-corrected chi connectivity index (χ2v) is 6.81. The molecule has 1 amide bonds. The molecule has 0 spiro atoms. The summed E-state index contributed by atoms with van der Waals surface area (Å²) in [6, 6.07) is 15.6. The van der Waals surface area contributed by atoms with E-state index in [9.17, 15) is 4.79 Å². The minimum atomic E-state index is -0.142. The normalized spacial score (nSPS) is 10.4. The van der Waals surface area contributed by atoms with Gasteiger partial charge in [0, 0.05) is 23.1 Å². The monoisotopic (exact) mass is 368 g/mol. The zero-order valence-corrected chi connectivity index (χ0v) is 15.5. The molecular weight excluding hydrogens is 348 g/mol. The maximum absolute atomic E-state index is 12.4. The maximum Gasteiger partial charge on any atom is 0.230 e. The summed E-state index contributed by atoms with van der Waals surface area (Å²) >= 11 is 1.49. The average molecular weight is 368 g/mol. The summed E-state index contributed by atoms with van der Waals surface area (Å²) in [5.74, 6) is 1.20. The van der Waals surface area contributed by atoms with Crippen LogP contribution in [0.2, 0.25) is 0 Å². The Bertz CT molecular complexity index is 878. The molecule has 0 aliphatic heterocycles. The molecule has 0 fully saturated rings. The molecule has 0 saturated carbocycles. The van der Waals surface area contributed by atoms with E-state index in [1.165, 1.54) is 16.9 Å². The molecule has 0 aliphatic carbocycles. The van der Waals surface area contributed by atoms with E-state index in [0.29, 0.717) is 16.6 Å². The van der Waals surface area contributed by atoms with Crippen LogP contribution in [0.1, 0.15) is 16.0 Å². The van der Waals surface area contributed by atoms with E-state index < -0.39 is 0 Å². The van der Waals surface area contributed by atoms with Crippen LogP contribution in [-0.2, 0) is 17.6 Å². The molecule has 0 bridgehead atoms. The topological polar surface area (TPSA) is 60.5 Å². The fourth-order valence-electron chi connectivity index (χ4n) is 2.60.